The van der Waals surface area contributed by atoms with Gasteiger partial charge in [0.2, 0.25) is 0 Å². The molecule has 24 heavy (non-hydrogen) atoms. The van der Waals surface area contributed by atoms with Crippen LogP contribution in [0.4, 0.5) is 0 Å². The summed E-state index contributed by atoms with van der Waals surface area (Å²) < 4.78 is 12.2. The Morgan fingerprint density at radius 2 is 1.83 bits per heavy atom. The van der Waals surface area contributed by atoms with Crippen LogP contribution in [-0.2, 0) is 13.5 Å². The van der Waals surface area contributed by atoms with Crippen LogP contribution in [0.3, 0.4) is 0 Å². The molecule has 2 aromatic heterocycles. The number of benzene rings is 1. The molecule has 1 N–H and O–H groups in total. The Morgan fingerprint density at radius 3 is 2.42 bits per heavy atom. The van der Waals surface area contributed by atoms with Crippen LogP contribution in [0.2, 0.25) is 0 Å². The van der Waals surface area contributed by atoms with Gasteiger partial charge >= 0.3 is 0 Å². The van der Waals surface area contributed by atoms with E-state index in [0.29, 0.717) is 28.4 Å². The van der Waals surface area contributed by atoms with E-state index in [4.69, 9.17) is 9.47 Å². The molecule has 7 heteroatoms. The molecule has 0 spiro atoms. The number of fused-ring (bicyclic) bond motifs is 1. The lowest BCUT2D eigenvalue weighted by atomic mass is 10.1. The maximum absolute atomic E-state index is 12.5. The van der Waals surface area contributed by atoms with Gasteiger partial charge in [0.25, 0.3) is 5.56 Å². The van der Waals surface area contributed by atoms with E-state index in [0.717, 1.165) is 24.1 Å². The molecule has 0 radical (unpaired) electrons. The third-order valence-corrected chi connectivity index (χ3v) is 3.87. The first kappa shape index (κ1) is 16.0. The van der Waals surface area contributed by atoms with E-state index in [1.54, 1.807) is 32.0 Å². The number of ether oxygens (including phenoxy) is 2. The zero-order chi connectivity index (χ0) is 17.3. The Bertz CT molecular complexity index is 921. The third-order valence-electron chi connectivity index (χ3n) is 3.87. The molecule has 0 saturated carbocycles. The first-order valence-electron chi connectivity index (χ1n) is 7.76. The van der Waals surface area contributed by atoms with Crippen molar-refractivity contribution in [3.05, 3.63) is 34.2 Å². The lowest BCUT2D eigenvalue weighted by Crippen LogP contribution is -2.12. The van der Waals surface area contributed by atoms with Crippen LogP contribution < -0.4 is 15.0 Å². The van der Waals surface area contributed by atoms with Gasteiger partial charge in [0, 0.05) is 18.7 Å². The average molecular weight is 328 g/mol. The predicted molar refractivity (Wildman–Crippen MR) is 91.7 cm³/mol. The average Bonchev–Trinajstić information content (AvgIpc) is 2.91. The van der Waals surface area contributed by atoms with Crippen molar-refractivity contribution in [1.82, 2.24) is 19.7 Å². The van der Waals surface area contributed by atoms with Crippen molar-refractivity contribution in [2.45, 2.75) is 19.8 Å². The number of nitrogens with one attached hydrogen (secondary N) is 1. The van der Waals surface area contributed by atoms with Crippen molar-refractivity contribution in [1.29, 1.82) is 0 Å². The predicted octanol–water partition coefficient (Wildman–Crippen LogP) is 2.29. The van der Waals surface area contributed by atoms with Gasteiger partial charge in [-0.1, -0.05) is 13.3 Å². The van der Waals surface area contributed by atoms with Crippen LogP contribution in [-0.4, -0.2) is 34.0 Å². The number of aromatic nitrogens is 4. The summed E-state index contributed by atoms with van der Waals surface area (Å²) in [6.45, 7) is 2.07. The largest absolute Gasteiger partial charge is 0.497 e. The highest BCUT2D eigenvalue weighted by molar-refractivity contribution is 5.79. The molecule has 0 bridgehead atoms. The van der Waals surface area contributed by atoms with Crippen molar-refractivity contribution in [3.8, 4) is 22.9 Å². The van der Waals surface area contributed by atoms with E-state index in [2.05, 4.69) is 22.0 Å². The zero-order valence-electron chi connectivity index (χ0n) is 14.2. The van der Waals surface area contributed by atoms with E-state index in [-0.39, 0.29) is 5.56 Å². The van der Waals surface area contributed by atoms with Crippen molar-refractivity contribution < 1.29 is 9.47 Å². The molecule has 0 aliphatic carbocycles. The highest BCUT2D eigenvalue weighted by atomic mass is 16.5. The molecular weight excluding hydrogens is 308 g/mol. The maximum Gasteiger partial charge on any atom is 0.277 e. The molecule has 126 valence electrons. The number of rotatable bonds is 5. The first-order chi connectivity index (χ1) is 11.6. The summed E-state index contributed by atoms with van der Waals surface area (Å²) in [5.41, 5.74) is 2.46. The number of hydrogen-bond acceptors (Lipinski definition) is 5. The molecule has 7 nitrogen and oxygen atoms in total. The van der Waals surface area contributed by atoms with Gasteiger partial charge in [0.05, 0.1) is 19.9 Å². The van der Waals surface area contributed by atoms with Gasteiger partial charge < -0.3 is 14.5 Å². The van der Waals surface area contributed by atoms with Gasteiger partial charge in [-0.15, -0.1) is 0 Å². The van der Waals surface area contributed by atoms with Gasteiger partial charge in [-0.05, 0) is 18.6 Å². The molecule has 1 aromatic carbocycles. The second-order valence-electron chi connectivity index (χ2n) is 5.53. The van der Waals surface area contributed by atoms with Crippen LogP contribution >= 0.6 is 0 Å². The number of hydrogen-bond donors (Lipinski definition) is 1. The number of methoxy groups -OCH3 is 2. The number of aromatic amines is 1. The lowest BCUT2D eigenvalue weighted by Gasteiger charge is -2.08. The van der Waals surface area contributed by atoms with E-state index < -0.39 is 0 Å². The van der Waals surface area contributed by atoms with Gasteiger partial charge in [-0.25, -0.2) is 4.98 Å². The molecule has 0 aliphatic rings. The van der Waals surface area contributed by atoms with Crippen LogP contribution in [0.5, 0.6) is 11.5 Å². The molecule has 0 unspecified atom stereocenters. The van der Waals surface area contributed by atoms with Crippen LogP contribution in [0.25, 0.3) is 22.4 Å². The van der Waals surface area contributed by atoms with Gasteiger partial charge in [-0.3, -0.25) is 9.48 Å². The molecule has 0 atom stereocenters. The summed E-state index contributed by atoms with van der Waals surface area (Å²) in [6.07, 6.45) is 1.71. The maximum atomic E-state index is 12.5. The van der Waals surface area contributed by atoms with E-state index in [9.17, 15) is 4.79 Å². The second kappa shape index (κ2) is 6.35. The monoisotopic (exact) mass is 328 g/mol. The Morgan fingerprint density at radius 1 is 1.17 bits per heavy atom. The topological polar surface area (TPSA) is 82.0 Å². The quantitative estimate of drug-likeness (QED) is 0.777. The molecule has 0 aliphatic heterocycles. The van der Waals surface area contributed by atoms with Gasteiger partial charge in [-0.2, -0.15) is 5.10 Å². The SMILES string of the molecule is CCCc1nn(C)c2c(=O)[nH]c(-c3cc(OC)cc(OC)c3)nc12. The molecule has 3 aromatic rings. The third kappa shape index (κ3) is 2.73. The molecule has 3 rings (SSSR count). The summed E-state index contributed by atoms with van der Waals surface area (Å²) in [4.78, 5) is 20.0. The molecule has 0 saturated heterocycles. The lowest BCUT2D eigenvalue weighted by molar-refractivity contribution is 0.394. The minimum absolute atomic E-state index is 0.214. The molecular formula is C17H20N4O3. The van der Waals surface area contributed by atoms with E-state index in [1.165, 1.54) is 0 Å². The van der Waals surface area contributed by atoms with Crippen LogP contribution in [0.15, 0.2) is 23.0 Å². The smallest absolute Gasteiger partial charge is 0.277 e. The van der Waals surface area contributed by atoms with Crippen LogP contribution in [0, 0.1) is 0 Å². The highest BCUT2D eigenvalue weighted by Crippen LogP contribution is 2.28. The van der Waals surface area contributed by atoms with E-state index >= 15 is 0 Å². The fourth-order valence-corrected chi connectivity index (χ4v) is 2.73. The number of nitrogens with zero attached hydrogens (tertiary/aromatic N) is 3. The van der Waals surface area contributed by atoms with Crippen molar-refractivity contribution >= 4 is 11.0 Å². The Hall–Kier alpha value is -2.83. The minimum Gasteiger partial charge on any atom is -0.497 e. The summed E-state index contributed by atoms with van der Waals surface area (Å²) >= 11 is 0. The Kier molecular flexibility index (Phi) is 4.24. The van der Waals surface area contributed by atoms with Crippen LogP contribution in [0.1, 0.15) is 19.0 Å². The summed E-state index contributed by atoms with van der Waals surface area (Å²) in [7, 11) is 4.92. The van der Waals surface area contributed by atoms with Gasteiger partial charge in [0.1, 0.15) is 22.8 Å². The second-order valence-corrected chi connectivity index (χ2v) is 5.53. The molecule has 2 heterocycles. The first-order valence-corrected chi connectivity index (χ1v) is 7.76. The Balaban J connectivity index is 2.24. The van der Waals surface area contributed by atoms with E-state index in [1.807, 2.05) is 12.1 Å². The van der Waals surface area contributed by atoms with Crippen molar-refractivity contribution in [2.24, 2.45) is 7.05 Å². The highest BCUT2D eigenvalue weighted by Gasteiger charge is 2.16. The fourth-order valence-electron chi connectivity index (χ4n) is 2.73. The molecule has 0 amide bonds. The number of aryl methyl sites for hydroxylation is 2. The summed E-state index contributed by atoms with van der Waals surface area (Å²) in [5.74, 6) is 1.73. The van der Waals surface area contributed by atoms with Crippen molar-refractivity contribution in [2.75, 3.05) is 14.2 Å². The zero-order valence-corrected chi connectivity index (χ0v) is 14.2. The van der Waals surface area contributed by atoms with Crippen molar-refractivity contribution in [3.63, 3.8) is 0 Å². The summed E-state index contributed by atoms with van der Waals surface area (Å²) in [6, 6.07) is 5.39. The fraction of sp³-hybridized carbons (Fsp3) is 0.353. The molecule has 0 fully saturated rings. The number of H-pyrrole nitrogens is 1. The normalized spacial score (nSPS) is 11.0. The minimum atomic E-state index is -0.214. The summed E-state index contributed by atoms with van der Waals surface area (Å²) in [5, 5.41) is 4.43. The standard InChI is InChI=1S/C17H20N4O3/c1-5-6-13-14-15(21(2)20-13)17(22)19-16(18-14)10-7-11(23-3)9-12(8-10)24-4/h7-9H,5-6H2,1-4H3,(H,18,19,22). The Labute approximate surface area is 139 Å². The van der Waals surface area contributed by atoms with Gasteiger partial charge in [0.15, 0.2) is 5.52 Å².